The maximum absolute atomic E-state index is 11.9. The number of carbonyl (C=O) groups excluding carboxylic acids is 1. The summed E-state index contributed by atoms with van der Waals surface area (Å²) in [6.45, 7) is 1.75. The van der Waals surface area contributed by atoms with Crippen LogP contribution in [0.15, 0.2) is 42.5 Å². The molecule has 1 aromatic rings. The highest BCUT2D eigenvalue weighted by atomic mass is 16.3. The molecule has 1 atom stereocenters. The first kappa shape index (κ1) is 15.8. The molecule has 1 amide bonds. The molecule has 1 saturated heterocycles. The van der Waals surface area contributed by atoms with Crippen molar-refractivity contribution in [3.63, 3.8) is 0 Å². The van der Waals surface area contributed by atoms with Crippen LogP contribution in [0, 0.1) is 0 Å². The fourth-order valence-corrected chi connectivity index (χ4v) is 2.64. The lowest BCUT2D eigenvalue weighted by molar-refractivity contribution is -0.126. The van der Waals surface area contributed by atoms with Crippen LogP contribution in [0.5, 0.6) is 0 Å². The molecular formula is C18H25NO2. The number of carbonyl (C=O) groups is 1. The molecule has 0 radical (unpaired) electrons. The lowest BCUT2D eigenvalue weighted by Crippen LogP contribution is -2.34. The number of amides is 1. The summed E-state index contributed by atoms with van der Waals surface area (Å²) in [5, 5.41) is 9.96. The van der Waals surface area contributed by atoms with Gasteiger partial charge in [-0.2, -0.15) is 0 Å². The van der Waals surface area contributed by atoms with Crippen molar-refractivity contribution in [1.29, 1.82) is 0 Å². The van der Waals surface area contributed by atoms with Crippen LogP contribution in [0.1, 0.15) is 37.7 Å². The van der Waals surface area contributed by atoms with E-state index in [2.05, 4.69) is 12.1 Å². The Morgan fingerprint density at radius 1 is 1.19 bits per heavy atom. The second kappa shape index (κ2) is 8.63. The Hall–Kier alpha value is -1.61. The molecule has 0 saturated carbocycles. The Morgan fingerprint density at radius 3 is 2.62 bits per heavy atom. The van der Waals surface area contributed by atoms with Crippen molar-refractivity contribution >= 4 is 5.91 Å². The Morgan fingerprint density at radius 2 is 1.90 bits per heavy atom. The number of hydrogen-bond donors (Lipinski definition) is 1. The molecule has 21 heavy (non-hydrogen) atoms. The monoisotopic (exact) mass is 287 g/mol. The quantitative estimate of drug-likeness (QED) is 0.817. The summed E-state index contributed by atoms with van der Waals surface area (Å²) in [5.41, 5.74) is 1.24. The molecule has 1 fully saturated rings. The van der Waals surface area contributed by atoms with Gasteiger partial charge in [-0.05, 0) is 50.2 Å². The third-order valence-corrected chi connectivity index (χ3v) is 3.95. The molecule has 0 unspecified atom stereocenters. The molecule has 3 nitrogen and oxygen atoms in total. The summed E-state index contributed by atoms with van der Waals surface area (Å²) < 4.78 is 0. The number of nitrogens with zero attached hydrogens (tertiary/aromatic N) is 1. The minimum Gasteiger partial charge on any atom is -0.393 e. The molecule has 1 heterocycles. The molecule has 3 heteroatoms. The minimum absolute atomic E-state index is 0.0879. The molecule has 1 aliphatic heterocycles. The largest absolute Gasteiger partial charge is 0.393 e. The van der Waals surface area contributed by atoms with Gasteiger partial charge in [0.2, 0.25) is 5.91 Å². The molecule has 114 valence electrons. The van der Waals surface area contributed by atoms with E-state index in [1.54, 1.807) is 6.08 Å². The van der Waals surface area contributed by atoms with Crippen molar-refractivity contribution < 1.29 is 9.90 Å². The van der Waals surface area contributed by atoms with Crippen molar-refractivity contribution in [2.45, 2.75) is 44.6 Å². The van der Waals surface area contributed by atoms with Crippen molar-refractivity contribution in [1.82, 2.24) is 4.90 Å². The SMILES string of the molecule is O=C(/C=C/C[C@@H](O)CCc1ccccc1)N1CCCCC1. The summed E-state index contributed by atoms with van der Waals surface area (Å²) in [6.07, 6.45) is 8.65. The van der Waals surface area contributed by atoms with Crippen LogP contribution in [0.4, 0.5) is 0 Å². The van der Waals surface area contributed by atoms with Crippen LogP contribution in [-0.4, -0.2) is 35.1 Å². The minimum atomic E-state index is -0.379. The topological polar surface area (TPSA) is 40.5 Å². The third kappa shape index (κ3) is 5.72. The molecule has 0 aromatic heterocycles. The Labute approximate surface area is 127 Å². The van der Waals surface area contributed by atoms with Gasteiger partial charge in [0.05, 0.1) is 6.10 Å². The lowest BCUT2D eigenvalue weighted by atomic mass is 10.0. The van der Waals surface area contributed by atoms with Gasteiger partial charge in [0.1, 0.15) is 0 Å². The Kier molecular flexibility index (Phi) is 6.48. The maximum Gasteiger partial charge on any atom is 0.246 e. The fourth-order valence-electron chi connectivity index (χ4n) is 2.64. The second-order valence-corrected chi connectivity index (χ2v) is 5.70. The van der Waals surface area contributed by atoms with Gasteiger partial charge >= 0.3 is 0 Å². The van der Waals surface area contributed by atoms with Gasteiger partial charge in [-0.25, -0.2) is 0 Å². The smallest absolute Gasteiger partial charge is 0.246 e. The molecule has 1 aliphatic rings. The normalized spacial score (nSPS) is 17.1. The van der Waals surface area contributed by atoms with E-state index < -0.39 is 0 Å². The van der Waals surface area contributed by atoms with Crippen LogP contribution >= 0.6 is 0 Å². The van der Waals surface area contributed by atoms with Crippen molar-refractivity contribution in [2.75, 3.05) is 13.1 Å². The molecule has 0 bridgehead atoms. The predicted octanol–water partition coefficient (Wildman–Crippen LogP) is 2.94. The van der Waals surface area contributed by atoms with Crippen LogP contribution in [-0.2, 0) is 11.2 Å². The summed E-state index contributed by atoms with van der Waals surface area (Å²) >= 11 is 0. The Balaban J connectivity index is 1.66. The van der Waals surface area contributed by atoms with Crippen molar-refractivity contribution in [2.24, 2.45) is 0 Å². The van der Waals surface area contributed by atoms with E-state index in [0.717, 1.165) is 38.8 Å². The van der Waals surface area contributed by atoms with E-state index in [9.17, 15) is 9.90 Å². The van der Waals surface area contributed by atoms with E-state index in [1.807, 2.05) is 29.2 Å². The summed E-state index contributed by atoms with van der Waals surface area (Å²) in [6, 6.07) is 10.2. The number of likely N-dealkylation sites (tertiary alicyclic amines) is 1. The molecule has 2 rings (SSSR count). The van der Waals surface area contributed by atoms with E-state index in [-0.39, 0.29) is 12.0 Å². The van der Waals surface area contributed by atoms with E-state index in [1.165, 1.54) is 12.0 Å². The van der Waals surface area contributed by atoms with E-state index in [0.29, 0.717) is 6.42 Å². The first-order chi connectivity index (χ1) is 10.3. The second-order valence-electron chi connectivity index (χ2n) is 5.70. The summed E-state index contributed by atoms with van der Waals surface area (Å²) in [5.74, 6) is 0.0879. The van der Waals surface area contributed by atoms with Crippen molar-refractivity contribution in [3.8, 4) is 0 Å². The first-order valence-electron chi connectivity index (χ1n) is 7.93. The number of piperidine rings is 1. The molecule has 0 aliphatic carbocycles. The highest BCUT2D eigenvalue weighted by Crippen LogP contribution is 2.10. The predicted molar refractivity (Wildman–Crippen MR) is 85.0 cm³/mol. The highest BCUT2D eigenvalue weighted by Gasteiger charge is 2.13. The zero-order valence-corrected chi connectivity index (χ0v) is 12.6. The zero-order chi connectivity index (χ0) is 14.9. The number of aliphatic hydroxyl groups excluding tert-OH is 1. The maximum atomic E-state index is 11.9. The van der Waals surface area contributed by atoms with Crippen LogP contribution in [0.2, 0.25) is 0 Å². The summed E-state index contributed by atoms with van der Waals surface area (Å²) in [7, 11) is 0. The molecule has 0 spiro atoms. The van der Waals surface area contributed by atoms with Gasteiger partial charge < -0.3 is 10.0 Å². The van der Waals surface area contributed by atoms with Gasteiger partial charge in [0.25, 0.3) is 0 Å². The number of aliphatic hydroxyl groups is 1. The van der Waals surface area contributed by atoms with Crippen LogP contribution < -0.4 is 0 Å². The Bertz CT molecular complexity index is 450. The van der Waals surface area contributed by atoms with Gasteiger partial charge in [-0.3, -0.25) is 4.79 Å². The average molecular weight is 287 g/mol. The summed E-state index contributed by atoms with van der Waals surface area (Å²) in [4.78, 5) is 13.8. The van der Waals surface area contributed by atoms with Crippen LogP contribution in [0.25, 0.3) is 0 Å². The molecule has 1 aromatic carbocycles. The first-order valence-corrected chi connectivity index (χ1v) is 7.93. The fraction of sp³-hybridized carbons (Fsp3) is 0.500. The zero-order valence-electron chi connectivity index (χ0n) is 12.6. The van der Waals surface area contributed by atoms with Crippen LogP contribution in [0.3, 0.4) is 0 Å². The third-order valence-electron chi connectivity index (χ3n) is 3.95. The van der Waals surface area contributed by atoms with E-state index >= 15 is 0 Å². The standard InChI is InChI=1S/C18H25NO2/c20-17(13-12-16-8-3-1-4-9-16)10-7-11-18(21)19-14-5-2-6-15-19/h1,3-4,7-9,11,17,20H,2,5-6,10,12-15H2/b11-7+/t17-/m1/s1. The lowest BCUT2D eigenvalue weighted by Gasteiger charge is -2.25. The highest BCUT2D eigenvalue weighted by molar-refractivity contribution is 5.87. The van der Waals surface area contributed by atoms with Gasteiger partial charge in [0.15, 0.2) is 0 Å². The molecule has 1 N–H and O–H groups in total. The average Bonchev–Trinajstić information content (AvgIpc) is 2.54. The number of aryl methyl sites for hydroxylation is 1. The van der Waals surface area contributed by atoms with Gasteiger partial charge in [-0.1, -0.05) is 36.4 Å². The molecular weight excluding hydrogens is 262 g/mol. The van der Waals surface area contributed by atoms with Gasteiger partial charge in [0, 0.05) is 13.1 Å². The van der Waals surface area contributed by atoms with Gasteiger partial charge in [-0.15, -0.1) is 0 Å². The number of benzene rings is 1. The number of hydrogen-bond acceptors (Lipinski definition) is 2. The van der Waals surface area contributed by atoms with Crippen molar-refractivity contribution in [3.05, 3.63) is 48.0 Å². The number of rotatable bonds is 6. The van der Waals surface area contributed by atoms with E-state index in [4.69, 9.17) is 0 Å².